The van der Waals surface area contributed by atoms with Gasteiger partial charge in [0.05, 0.1) is 13.7 Å². The third-order valence-corrected chi connectivity index (χ3v) is 5.97. The van der Waals surface area contributed by atoms with Gasteiger partial charge in [0.2, 0.25) is 5.82 Å². The lowest BCUT2D eigenvalue weighted by Crippen LogP contribution is -2.41. The predicted molar refractivity (Wildman–Crippen MR) is 129 cm³/mol. The molecule has 164 valence electrons. The van der Waals surface area contributed by atoms with Crippen LogP contribution in [0.4, 0.5) is 5.69 Å². The summed E-state index contributed by atoms with van der Waals surface area (Å²) in [5.74, 6) is 3.02. The summed E-state index contributed by atoms with van der Waals surface area (Å²) in [6.07, 6.45) is 4.42. The van der Waals surface area contributed by atoms with Crippen LogP contribution in [0.3, 0.4) is 0 Å². The minimum atomic E-state index is 0. The van der Waals surface area contributed by atoms with Crippen LogP contribution in [0.1, 0.15) is 41.3 Å². The van der Waals surface area contributed by atoms with Crippen LogP contribution in [0, 0.1) is 0 Å². The van der Waals surface area contributed by atoms with Crippen LogP contribution in [-0.4, -0.2) is 22.7 Å². The fourth-order valence-corrected chi connectivity index (χ4v) is 4.07. The molecule has 8 heteroatoms. The Balaban J connectivity index is 0.00000272. The van der Waals surface area contributed by atoms with Crippen molar-refractivity contribution >= 4 is 44.4 Å². The monoisotopic (exact) mass is 549 g/mol. The Morgan fingerprint density at radius 1 is 1.13 bits per heavy atom. The minimum absolute atomic E-state index is 0. The second kappa shape index (κ2) is 10.9. The number of hydrogen-bond acceptors (Lipinski definition) is 4. The summed E-state index contributed by atoms with van der Waals surface area (Å²) in [5.41, 5.74) is 1.72. The van der Waals surface area contributed by atoms with Gasteiger partial charge in [-0.1, -0.05) is 28.1 Å². The second-order valence-corrected chi connectivity index (χ2v) is 8.38. The highest BCUT2D eigenvalue weighted by Gasteiger charge is 2.28. The molecule has 2 heterocycles. The van der Waals surface area contributed by atoms with E-state index < -0.39 is 0 Å². The first-order valence-corrected chi connectivity index (χ1v) is 11.1. The van der Waals surface area contributed by atoms with E-state index in [9.17, 15) is 4.79 Å². The Labute approximate surface area is 201 Å². The number of Topliss-reactive ketones (excluding diaryl/α,β-unsaturated/α-hetero) is 1. The first kappa shape index (κ1) is 23.5. The van der Waals surface area contributed by atoms with Crippen molar-refractivity contribution in [2.45, 2.75) is 45.3 Å². The molecule has 0 atom stereocenters. The number of ketones is 1. The predicted octanol–water partition coefficient (Wildman–Crippen LogP) is 4.74. The van der Waals surface area contributed by atoms with Crippen LogP contribution in [-0.2, 0) is 26.1 Å². The van der Waals surface area contributed by atoms with Crippen molar-refractivity contribution in [3.63, 3.8) is 0 Å². The topological polar surface area (TPSA) is 60.0 Å². The number of aromatic nitrogens is 3. The Hall–Kier alpha value is -2.19. The van der Waals surface area contributed by atoms with E-state index in [1.807, 2.05) is 53.2 Å². The number of ether oxygens (including phenoxy) is 1. The zero-order valence-corrected chi connectivity index (χ0v) is 20.8. The summed E-state index contributed by atoms with van der Waals surface area (Å²) in [7, 11) is 1.66. The summed E-state index contributed by atoms with van der Waals surface area (Å²) in [4.78, 5) is 12.8. The molecule has 0 saturated carbocycles. The molecule has 1 aliphatic rings. The van der Waals surface area contributed by atoms with Gasteiger partial charge in [-0.2, -0.15) is 0 Å². The first-order chi connectivity index (χ1) is 14.6. The summed E-state index contributed by atoms with van der Waals surface area (Å²) >= 11 is 3.42. The lowest BCUT2D eigenvalue weighted by Gasteiger charge is -2.05. The van der Waals surface area contributed by atoms with Crippen molar-refractivity contribution in [2.75, 3.05) is 12.4 Å². The highest BCUT2D eigenvalue weighted by atomic mass is 79.9. The van der Waals surface area contributed by atoms with E-state index in [-0.39, 0.29) is 29.3 Å². The Morgan fingerprint density at radius 3 is 2.58 bits per heavy atom. The average Bonchev–Trinajstić information content (AvgIpc) is 2.93. The second-order valence-electron chi connectivity index (χ2n) is 7.46. The van der Waals surface area contributed by atoms with E-state index in [0.29, 0.717) is 12.1 Å². The van der Waals surface area contributed by atoms with E-state index in [4.69, 9.17) is 9.84 Å². The Bertz CT molecular complexity index is 1020. The maximum atomic E-state index is 12.8. The summed E-state index contributed by atoms with van der Waals surface area (Å²) in [6, 6.07) is 15.4. The molecule has 31 heavy (non-hydrogen) atoms. The minimum Gasteiger partial charge on any atom is -0.497 e. The molecule has 0 bridgehead atoms. The van der Waals surface area contributed by atoms with Gasteiger partial charge in [-0.05, 0) is 55.7 Å². The largest absolute Gasteiger partial charge is 0.497 e. The van der Waals surface area contributed by atoms with Gasteiger partial charge in [0.1, 0.15) is 12.3 Å². The van der Waals surface area contributed by atoms with Gasteiger partial charge >= 0.3 is 0 Å². The van der Waals surface area contributed by atoms with Gasteiger partial charge in [-0.25, -0.2) is 4.57 Å². The third-order valence-electron chi connectivity index (χ3n) is 5.44. The lowest BCUT2D eigenvalue weighted by molar-refractivity contribution is -0.710. The molecular weight excluding hydrogens is 524 g/mol. The Morgan fingerprint density at radius 2 is 1.87 bits per heavy atom. The van der Waals surface area contributed by atoms with E-state index in [1.54, 1.807) is 7.11 Å². The van der Waals surface area contributed by atoms with Gasteiger partial charge in [0.25, 0.3) is 5.82 Å². The summed E-state index contributed by atoms with van der Waals surface area (Å²) in [5, 5.41) is 8.27. The molecule has 0 amide bonds. The van der Waals surface area contributed by atoms with Crippen molar-refractivity contribution in [3.05, 3.63) is 70.2 Å². The molecule has 0 unspecified atom stereocenters. The van der Waals surface area contributed by atoms with Gasteiger partial charge in [0.15, 0.2) is 12.3 Å². The van der Waals surface area contributed by atoms with E-state index >= 15 is 0 Å². The quantitative estimate of drug-likeness (QED) is 0.341. The fourth-order valence-electron chi connectivity index (χ4n) is 3.80. The maximum absolute atomic E-state index is 12.8. The van der Waals surface area contributed by atoms with E-state index in [0.717, 1.165) is 53.4 Å². The molecule has 3 aromatic rings. The van der Waals surface area contributed by atoms with Crippen molar-refractivity contribution in [3.8, 4) is 5.75 Å². The molecule has 0 spiro atoms. The molecular formula is C23H27Br2N4O2+. The van der Waals surface area contributed by atoms with Gasteiger partial charge in [-0.15, -0.1) is 21.7 Å². The maximum Gasteiger partial charge on any atom is 0.296 e. The molecule has 1 aromatic heterocycles. The highest BCUT2D eigenvalue weighted by Crippen LogP contribution is 2.17. The summed E-state index contributed by atoms with van der Waals surface area (Å²) in [6.45, 7) is 1.82. The SMILES string of the molecule is Br.COc1ccc(NCc2nn(CC(=O)c3ccc(Br)cc3)c3[n+]2CCCCC3)cc1. The molecule has 0 radical (unpaired) electrons. The number of halogens is 2. The summed E-state index contributed by atoms with van der Waals surface area (Å²) < 4.78 is 10.4. The van der Waals surface area contributed by atoms with Crippen molar-refractivity contribution in [1.82, 2.24) is 9.78 Å². The Kier molecular flexibility index (Phi) is 8.26. The normalized spacial score (nSPS) is 13.0. The third kappa shape index (κ3) is 5.74. The fraction of sp³-hybridized carbons (Fsp3) is 0.348. The first-order valence-electron chi connectivity index (χ1n) is 10.3. The number of fused-ring (bicyclic) bond motifs is 1. The number of benzene rings is 2. The number of nitrogens with zero attached hydrogens (tertiary/aromatic N) is 3. The zero-order valence-electron chi connectivity index (χ0n) is 17.5. The molecule has 1 aliphatic heterocycles. The highest BCUT2D eigenvalue weighted by molar-refractivity contribution is 9.10. The van der Waals surface area contributed by atoms with Crippen LogP contribution in [0.5, 0.6) is 5.75 Å². The van der Waals surface area contributed by atoms with Crippen LogP contribution in [0.25, 0.3) is 0 Å². The van der Waals surface area contributed by atoms with Gasteiger partial charge < -0.3 is 10.1 Å². The van der Waals surface area contributed by atoms with Crippen LogP contribution in [0.15, 0.2) is 53.0 Å². The van der Waals surface area contributed by atoms with Crippen LogP contribution in [0.2, 0.25) is 0 Å². The molecule has 0 saturated heterocycles. The number of carbonyl (C=O) groups is 1. The molecule has 1 N–H and O–H groups in total. The number of methoxy groups -OCH3 is 1. The van der Waals surface area contributed by atoms with Crippen molar-refractivity contribution < 1.29 is 14.1 Å². The molecule has 0 fully saturated rings. The molecule has 2 aromatic carbocycles. The standard InChI is InChI=1S/C23H26BrN4O2.BrH/c1-30-20-12-10-19(11-13-20)25-15-22-26-28(23-5-3-2-4-14-27(22)23)16-21(29)17-6-8-18(24)9-7-17;/h6-13,25H,2-5,14-16H2,1H3;1H/q+1;. The molecule has 6 nitrogen and oxygen atoms in total. The number of nitrogens with one attached hydrogen (secondary N) is 1. The smallest absolute Gasteiger partial charge is 0.296 e. The average molecular weight is 551 g/mol. The van der Waals surface area contributed by atoms with Gasteiger partial charge in [-0.3, -0.25) is 4.79 Å². The van der Waals surface area contributed by atoms with Crippen LogP contribution >= 0.6 is 32.9 Å². The number of carbonyl (C=O) groups excluding carboxylic acids is 1. The van der Waals surface area contributed by atoms with Crippen molar-refractivity contribution in [2.24, 2.45) is 0 Å². The number of anilines is 1. The van der Waals surface area contributed by atoms with E-state index in [2.05, 4.69) is 25.8 Å². The van der Waals surface area contributed by atoms with Crippen molar-refractivity contribution in [1.29, 1.82) is 0 Å². The zero-order chi connectivity index (χ0) is 20.9. The molecule has 4 rings (SSSR count). The number of rotatable bonds is 7. The van der Waals surface area contributed by atoms with Crippen LogP contribution < -0.4 is 14.6 Å². The lowest BCUT2D eigenvalue weighted by atomic mass is 10.1. The van der Waals surface area contributed by atoms with E-state index in [1.165, 1.54) is 6.42 Å². The number of hydrogen-bond donors (Lipinski definition) is 1. The molecule has 0 aliphatic carbocycles. The van der Waals surface area contributed by atoms with Gasteiger partial charge in [0, 0.05) is 27.2 Å².